The monoisotopic (exact) mass is 303 g/mol. The van der Waals surface area contributed by atoms with Crippen molar-refractivity contribution in [1.82, 2.24) is 5.32 Å². The van der Waals surface area contributed by atoms with Gasteiger partial charge in [0.2, 0.25) is 0 Å². The van der Waals surface area contributed by atoms with Crippen LogP contribution in [0.15, 0.2) is 24.3 Å². The van der Waals surface area contributed by atoms with Gasteiger partial charge in [-0.1, -0.05) is 45.0 Å². The maximum atomic E-state index is 12.0. The predicted octanol–water partition coefficient (Wildman–Crippen LogP) is 4.23. The Bertz CT molecular complexity index is 455. The van der Waals surface area contributed by atoms with E-state index in [1.54, 1.807) is 0 Å². The minimum absolute atomic E-state index is 0.0240. The number of aryl methyl sites for hydroxylation is 1. The van der Waals surface area contributed by atoms with E-state index in [-0.39, 0.29) is 5.92 Å². The number of halogens is 3. The number of hydrogen-bond acceptors (Lipinski definition) is 2. The summed E-state index contributed by atoms with van der Waals surface area (Å²) in [6.45, 7) is 4.20. The van der Waals surface area contributed by atoms with Crippen LogP contribution in [0.4, 0.5) is 18.0 Å². The Morgan fingerprint density at radius 1 is 1.24 bits per heavy atom. The van der Waals surface area contributed by atoms with Crippen molar-refractivity contribution >= 4 is 6.09 Å². The lowest BCUT2D eigenvalue weighted by atomic mass is 9.95. The molecule has 1 aromatic carbocycles. The number of ether oxygens (including phenoxy) is 1. The van der Waals surface area contributed by atoms with Crippen molar-refractivity contribution < 1.29 is 22.7 Å². The highest BCUT2D eigenvalue weighted by Crippen LogP contribution is 2.23. The summed E-state index contributed by atoms with van der Waals surface area (Å²) in [4.78, 5) is 11.5. The van der Waals surface area contributed by atoms with Crippen molar-refractivity contribution in [2.24, 2.45) is 5.92 Å². The van der Waals surface area contributed by atoms with Crippen molar-refractivity contribution in [1.29, 1.82) is 0 Å². The minimum atomic E-state index is -4.52. The van der Waals surface area contributed by atoms with Crippen molar-refractivity contribution in [3.63, 3.8) is 0 Å². The van der Waals surface area contributed by atoms with Gasteiger partial charge in [0.1, 0.15) is 0 Å². The largest absolute Gasteiger partial charge is 0.440 e. The van der Waals surface area contributed by atoms with E-state index in [4.69, 9.17) is 0 Å². The van der Waals surface area contributed by atoms with Crippen LogP contribution in [0, 0.1) is 5.92 Å². The van der Waals surface area contributed by atoms with Crippen LogP contribution in [0.5, 0.6) is 0 Å². The van der Waals surface area contributed by atoms with Gasteiger partial charge in [-0.25, -0.2) is 4.79 Å². The number of benzene rings is 1. The third kappa shape index (κ3) is 6.06. The van der Waals surface area contributed by atoms with Crippen molar-refractivity contribution in [3.05, 3.63) is 35.4 Å². The van der Waals surface area contributed by atoms with Gasteiger partial charge in [0.05, 0.1) is 6.04 Å². The van der Waals surface area contributed by atoms with Crippen LogP contribution in [0.2, 0.25) is 0 Å². The first-order chi connectivity index (χ1) is 9.73. The smallest absolute Gasteiger partial charge is 0.422 e. The van der Waals surface area contributed by atoms with Crippen LogP contribution in [0.3, 0.4) is 0 Å². The maximum absolute atomic E-state index is 12.0. The lowest BCUT2D eigenvalue weighted by molar-refractivity contribution is -0.160. The number of amides is 1. The van der Waals surface area contributed by atoms with Crippen LogP contribution >= 0.6 is 0 Å². The number of alkyl halides is 3. The van der Waals surface area contributed by atoms with Gasteiger partial charge in [-0.2, -0.15) is 13.2 Å². The summed E-state index contributed by atoms with van der Waals surface area (Å²) in [5.74, 6) is 0.0240. The SMILES string of the molecule is CCc1ccc(C(NC(=O)OCC(F)(F)F)C(C)C)cc1. The molecule has 0 aliphatic heterocycles. The average Bonchev–Trinajstić information content (AvgIpc) is 2.41. The number of carbonyl (C=O) groups excluding carboxylic acids is 1. The molecule has 0 fully saturated rings. The Balaban J connectivity index is 2.71. The highest BCUT2D eigenvalue weighted by Gasteiger charge is 2.30. The van der Waals surface area contributed by atoms with Crippen LogP contribution in [0.1, 0.15) is 37.9 Å². The predicted molar refractivity (Wildman–Crippen MR) is 73.9 cm³/mol. The molecule has 1 amide bonds. The molecule has 0 heterocycles. The summed E-state index contributed by atoms with van der Waals surface area (Å²) in [7, 11) is 0. The topological polar surface area (TPSA) is 38.3 Å². The standard InChI is InChI=1S/C15H20F3NO2/c1-4-11-5-7-12(8-6-11)13(10(2)3)19-14(20)21-9-15(16,17)18/h5-8,10,13H,4,9H2,1-3H3,(H,19,20). The molecule has 0 aromatic heterocycles. The molecule has 1 N–H and O–H groups in total. The highest BCUT2D eigenvalue weighted by molar-refractivity contribution is 5.68. The fraction of sp³-hybridized carbons (Fsp3) is 0.533. The van der Waals surface area contributed by atoms with Crippen LogP contribution in [-0.4, -0.2) is 18.9 Å². The van der Waals surface area contributed by atoms with Gasteiger partial charge < -0.3 is 10.1 Å². The van der Waals surface area contributed by atoms with E-state index in [0.717, 1.165) is 17.5 Å². The third-order valence-electron chi connectivity index (χ3n) is 3.05. The number of rotatable bonds is 5. The second-order valence-corrected chi connectivity index (χ2v) is 5.15. The molecular weight excluding hydrogens is 283 g/mol. The van der Waals surface area contributed by atoms with Gasteiger partial charge >= 0.3 is 12.3 Å². The first kappa shape index (κ1) is 17.3. The Labute approximate surface area is 122 Å². The molecule has 1 unspecified atom stereocenters. The molecule has 0 saturated heterocycles. The number of nitrogens with one attached hydrogen (secondary N) is 1. The van der Waals surface area contributed by atoms with Crippen molar-refractivity contribution in [2.45, 2.75) is 39.4 Å². The third-order valence-corrected chi connectivity index (χ3v) is 3.05. The van der Waals surface area contributed by atoms with Gasteiger partial charge in [0, 0.05) is 0 Å². The minimum Gasteiger partial charge on any atom is -0.440 e. The van der Waals surface area contributed by atoms with E-state index in [1.807, 2.05) is 45.0 Å². The van der Waals surface area contributed by atoms with Crippen molar-refractivity contribution in [2.75, 3.05) is 6.61 Å². The normalized spacial score (nSPS) is 13.1. The Morgan fingerprint density at radius 2 is 1.81 bits per heavy atom. The summed E-state index contributed by atoms with van der Waals surface area (Å²) >= 11 is 0. The lowest BCUT2D eigenvalue weighted by Crippen LogP contribution is -2.34. The van der Waals surface area contributed by atoms with Gasteiger partial charge in [0.25, 0.3) is 0 Å². The van der Waals surface area contributed by atoms with E-state index in [9.17, 15) is 18.0 Å². The number of alkyl carbamates (subject to hydrolysis) is 1. The van der Waals surface area contributed by atoms with Gasteiger partial charge in [0.15, 0.2) is 6.61 Å². The molecule has 0 saturated carbocycles. The average molecular weight is 303 g/mol. The molecule has 0 bridgehead atoms. The second-order valence-electron chi connectivity index (χ2n) is 5.15. The highest BCUT2D eigenvalue weighted by atomic mass is 19.4. The zero-order chi connectivity index (χ0) is 16.0. The zero-order valence-electron chi connectivity index (χ0n) is 12.3. The fourth-order valence-electron chi connectivity index (χ4n) is 1.91. The lowest BCUT2D eigenvalue weighted by Gasteiger charge is -2.23. The molecule has 21 heavy (non-hydrogen) atoms. The van der Waals surface area contributed by atoms with Crippen LogP contribution in [0.25, 0.3) is 0 Å². The first-order valence-electron chi connectivity index (χ1n) is 6.81. The molecule has 1 aromatic rings. The molecule has 1 atom stereocenters. The van der Waals surface area contributed by atoms with E-state index >= 15 is 0 Å². The Morgan fingerprint density at radius 3 is 2.24 bits per heavy atom. The first-order valence-corrected chi connectivity index (χ1v) is 6.81. The summed E-state index contributed by atoms with van der Waals surface area (Å²) in [6.07, 6.45) is -4.69. The summed E-state index contributed by atoms with van der Waals surface area (Å²) < 4.78 is 40.2. The van der Waals surface area contributed by atoms with Gasteiger partial charge in [-0.05, 0) is 23.5 Å². The Hall–Kier alpha value is -1.72. The molecule has 6 heteroatoms. The molecule has 0 aliphatic rings. The summed E-state index contributed by atoms with van der Waals surface area (Å²) in [5.41, 5.74) is 1.99. The Kier molecular flexibility index (Phi) is 6.05. The van der Waals surface area contributed by atoms with Crippen molar-refractivity contribution in [3.8, 4) is 0 Å². The number of hydrogen-bond donors (Lipinski definition) is 1. The molecule has 1 rings (SSSR count). The summed E-state index contributed by atoms with van der Waals surface area (Å²) in [6, 6.07) is 7.22. The van der Waals surface area contributed by atoms with E-state index in [1.165, 1.54) is 0 Å². The van der Waals surface area contributed by atoms with Crippen LogP contribution < -0.4 is 5.32 Å². The molecular formula is C15H20F3NO2. The van der Waals surface area contributed by atoms with Gasteiger partial charge in [-0.3, -0.25) is 0 Å². The second kappa shape index (κ2) is 7.33. The quantitative estimate of drug-likeness (QED) is 0.883. The van der Waals surface area contributed by atoms with E-state index < -0.39 is 24.9 Å². The van der Waals surface area contributed by atoms with Crippen LogP contribution in [-0.2, 0) is 11.2 Å². The molecule has 118 valence electrons. The molecule has 0 radical (unpaired) electrons. The van der Waals surface area contributed by atoms with E-state index in [0.29, 0.717) is 0 Å². The molecule has 3 nitrogen and oxygen atoms in total. The fourth-order valence-corrected chi connectivity index (χ4v) is 1.91. The molecule has 0 spiro atoms. The number of carbonyl (C=O) groups is 1. The van der Waals surface area contributed by atoms with E-state index in [2.05, 4.69) is 10.1 Å². The summed E-state index contributed by atoms with van der Waals surface area (Å²) in [5, 5.41) is 2.48. The van der Waals surface area contributed by atoms with Gasteiger partial charge in [-0.15, -0.1) is 0 Å². The zero-order valence-corrected chi connectivity index (χ0v) is 12.3. The maximum Gasteiger partial charge on any atom is 0.422 e. The molecule has 0 aliphatic carbocycles.